The SMILES string of the molecule is C=C(C(=O)OC)[C@@H](c1ccc([N+](=O)[O-])cc1)[C@@H](C)c1nc2ccc([N+](=O)[O-])cc2o1. The van der Waals surface area contributed by atoms with Crippen molar-refractivity contribution in [2.24, 2.45) is 0 Å². The Balaban J connectivity index is 2.05. The number of methoxy groups -OCH3 is 1. The lowest BCUT2D eigenvalue weighted by atomic mass is 9.81. The highest BCUT2D eigenvalue weighted by atomic mass is 16.6. The zero-order chi connectivity index (χ0) is 22.0. The van der Waals surface area contributed by atoms with Crippen LogP contribution < -0.4 is 0 Å². The van der Waals surface area contributed by atoms with Gasteiger partial charge in [-0.25, -0.2) is 9.78 Å². The summed E-state index contributed by atoms with van der Waals surface area (Å²) in [5.41, 5.74) is 1.13. The van der Waals surface area contributed by atoms with Gasteiger partial charge in [0.05, 0.1) is 23.0 Å². The van der Waals surface area contributed by atoms with Crippen LogP contribution in [-0.4, -0.2) is 27.9 Å². The van der Waals surface area contributed by atoms with E-state index < -0.39 is 27.7 Å². The first-order valence-corrected chi connectivity index (χ1v) is 8.79. The summed E-state index contributed by atoms with van der Waals surface area (Å²) in [7, 11) is 1.23. The fraction of sp³-hybridized carbons (Fsp3) is 0.200. The number of non-ortho nitro benzene ring substituents is 2. The number of hydrogen-bond donors (Lipinski definition) is 0. The predicted molar refractivity (Wildman–Crippen MR) is 106 cm³/mol. The van der Waals surface area contributed by atoms with Crippen LogP contribution in [0.5, 0.6) is 0 Å². The molecule has 0 saturated heterocycles. The lowest BCUT2D eigenvalue weighted by molar-refractivity contribution is -0.385. The zero-order valence-corrected chi connectivity index (χ0v) is 16.1. The van der Waals surface area contributed by atoms with Crippen LogP contribution in [0.15, 0.2) is 59.0 Å². The number of ether oxygens (including phenoxy) is 1. The summed E-state index contributed by atoms with van der Waals surface area (Å²) in [6, 6.07) is 9.78. The third-order valence-electron chi connectivity index (χ3n) is 4.77. The summed E-state index contributed by atoms with van der Waals surface area (Å²) in [5, 5.41) is 21.9. The molecule has 0 bridgehead atoms. The summed E-state index contributed by atoms with van der Waals surface area (Å²) in [4.78, 5) is 37.4. The molecule has 10 heteroatoms. The first kappa shape index (κ1) is 20.6. The average Bonchev–Trinajstić information content (AvgIpc) is 3.16. The molecule has 0 aliphatic carbocycles. The minimum Gasteiger partial charge on any atom is -0.466 e. The molecule has 0 aliphatic heterocycles. The van der Waals surface area contributed by atoms with Crippen molar-refractivity contribution in [2.75, 3.05) is 7.11 Å². The van der Waals surface area contributed by atoms with E-state index in [1.54, 1.807) is 6.92 Å². The maximum absolute atomic E-state index is 12.2. The van der Waals surface area contributed by atoms with Crippen LogP contribution in [0.25, 0.3) is 11.1 Å². The molecule has 0 aliphatic rings. The number of carbonyl (C=O) groups is 1. The second-order valence-corrected chi connectivity index (χ2v) is 6.59. The van der Waals surface area contributed by atoms with E-state index in [1.807, 2.05) is 0 Å². The number of benzene rings is 2. The number of carbonyl (C=O) groups excluding carboxylic acids is 1. The van der Waals surface area contributed by atoms with Gasteiger partial charge in [0, 0.05) is 35.6 Å². The maximum Gasteiger partial charge on any atom is 0.333 e. The Morgan fingerprint density at radius 1 is 1.10 bits per heavy atom. The van der Waals surface area contributed by atoms with Crippen molar-refractivity contribution in [2.45, 2.75) is 18.8 Å². The van der Waals surface area contributed by atoms with Crippen molar-refractivity contribution in [1.82, 2.24) is 4.98 Å². The van der Waals surface area contributed by atoms with Crippen LogP contribution in [-0.2, 0) is 9.53 Å². The van der Waals surface area contributed by atoms with Gasteiger partial charge in [-0.3, -0.25) is 20.2 Å². The Hall–Kier alpha value is -4.08. The minimum absolute atomic E-state index is 0.0944. The Morgan fingerprint density at radius 2 is 1.70 bits per heavy atom. The van der Waals surface area contributed by atoms with E-state index in [4.69, 9.17) is 9.15 Å². The van der Waals surface area contributed by atoms with Crippen molar-refractivity contribution >= 4 is 28.4 Å². The molecular formula is C20H17N3O7. The summed E-state index contributed by atoms with van der Waals surface area (Å²) in [6.07, 6.45) is 0. The molecule has 3 rings (SSSR count). The number of nitrogens with zero attached hydrogens (tertiary/aromatic N) is 3. The molecule has 0 unspecified atom stereocenters. The van der Waals surface area contributed by atoms with Gasteiger partial charge in [-0.2, -0.15) is 0 Å². The minimum atomic E-state index is -0.652. The van der Waals surface area contributed by atoms with Crippen molar-refractivity contribution in [3.8, 4) is 0 Å². The number of nitro groups is 2. The number of aromatic nitrogens is 1. The fourth-order valence-electron chi connectivity index (χ4n) is 3.24. The molecule has 0 amide bonds. The van der Waals surface area contributed by atoms with Gasteiger partial charge in [0.1, 0.15) is 5.52 Å². The first-order valence-electron chi connectivity index (χ1n) is 8.79. The van der Waals surface area contributed by atoms with Crippen molar-refractivity contribution < 1.29 is 23.8 Å². The second-order valence-electron chi connectivity index (χ2n) is 6.59. The molecule has 154 valence electrons. The molecular weight excluding hydrogens is 394 g/mol. The van der Waals surface area contributed by atoms with Crippen LogP contribution in [0.4, 0.5) is 11.4 Å². The normalized spacial score (nSPS) is 12.9. The molecule has 0 radical (unpaired) electrons. The lowest BCUT2D eigenvalue weighted by Crippen LogP contribution is -2.18. The Kier molecular flexibility index (Phi) is 5.58. The molecule has 0 fully saturated rings. The van der Waals surface area contributed by atoms with E-state index in [0.29, 0.717) is 11.1 Å². The number of rotatable bonds is 7. The summed E-state index contributed by atoms with van der Waals surface area (Å²) in [6.45, 7) is 5.58. The summed E-state index contributed by atoms with van der Waals surface area (Å²) < 4.78 is 10.5. The highest BCUT2D eigenvalue weighted by molar-refractivity contribution is 5.89. The molecule has 10 nitrogen and oxygen atoms in total. The standard InChI is InChI=1S/C20H17N3O7/c1-11(19-21-16-9-8-15(23(27)28)10-17(16)30-19)18(12(2)20(24)29-3)13-4-6-14(7-5-13)22(25)26/h4-11,18H,2H2,1,3H3/t11-,18+/m1/s1. The zero-order valence-electron chi connectivity index (χ0n) is 16.1. The molecule has 0 spiro atoms. The van der Waals surface area contributed by atoms with Gasteiger partial charge in [-0.1, -0.05) is 25.6 Å². The fourth-order valence-corrected chi connectivity index (χ4v) is 3.24. The number of fused-ring (bicyclic) bond motifs is 1. The molecule has 30 heavy (non-hydrogen) atoms. The molecule has 3 aromatic rings. The van der Waals surface area contributed by atoms with Crippen LogP contribution in [0.3, 0.4) is 0 Å². The first-order chi connectivity index (χ1) is 14.2. The molecule has 1 aromatic heterocycles. The van der Waals surface area contributed by atoms with Crippen molar-refractivity contribution in [3.63, 3.8) is 0 Å². The maximum atomic E-state index is 12.2. The molecule has 2 aromatic carbocycles. The van der Waals surface area contributed by atoms with Crippen LogP contribution in [0, 0.1) is 20.2 Å². The van der Waals surface area contributed by atoms with Crippen LogP contribution in [0.1, 0.15) is 30.2 Å². The highest BCUT2D eigenvalue weighted by Gasteiger charge is 2.31. The lowest BCUT2D eigenvalue weighted by Gasteiger charge is -2.23. The quantitative estimate of drug-likeness (QED) is 0.243. The second kappa shape index (κ2) is 8.11. The summed E-state index contributed by atoms with van der Waals surface area (Å²) in [5.74, 6) is -1.58. The molecule has 0 N–H and O–H groups in total. The van der Waals surface area contributed by atoms with Gasteiger partial charge in [-0.15, -0.1) is 0 Å². The van der Waals surface area contributed by atoms with E-state index in [9.17, 15) is 25.0 Å². The van der Waals surface area contributed by atoms with Gasteiger partial charge in [0.15, 0.2) is 11.5 Å². The van der Waals surface area contributed by atoms with E-state index in [1.165, 1.54) is 49.6 Å². The van der Waals surface area contributed by atoms with Crippen molar-refractivity contribution in [3.05, 3.63) is 86.3 Å². The highest BCUT2D eigenvalue weighted by Crippen LogP contribution is 2.39. The van der Waals surface area contributed by atoms with Crippen molar-refractivity contribution in [1.29, 1.82) is 0 Å². The third-order valence-corrected chi connectivity index (χ3v) is 4.77. The van der Waals surface area contributed by atoms with Gasteiger partial charge in [-0.05, 0) is 11.6 Å². The van der Waals surface area contributed by atoms with Gasteiger partial charge < -0.3 is 9.15 Å². The van der Waals surface area contributed by atoms with Gasteiger partial charge >= 0.3 is 5.97 Å². The monoisotopic (exact) mass is 411 g/mol. The number of esters is 1. The Morgan fingerprint density at radius 3 is 2.27 bits per heavy atom. The number of oxazole rings is 1. The van der Waals surface area contributed by atoms with Gasteiger partial charge in [0.2, 0.25) is 0 Å². The molecule has 0 saturated carbocycles. The van der Waals surface area contributed by atoms with E-state index in [-0.39, 0.29) is 28.4 Å². The molecule has 1 heterocycles. The number of nitro benzene ring substituents is 2. The predicted octanol–water partition coefficient (Wildman–Crippen LogP) is 4.26. The van der Waals surface area contributed by atoms with Gasteiger partial charge in [0.25, 0.3) is 11.4 Å². The van der Waals surface area contributed by atoms with Crippen LogP contribution >= 0.6 is 0 Å². The van der Waals surface area contributed by atoms with E-state index in [2.05, 4.69) is 11.6 Å². The topological polar surface area (TPSA) is 139 Å². The Bertz CT molecular complexity index is 1150. The average molecular weight is 411 g/mol. The van der Waals surface area contributed by atoms with E-state index in [0.717, 1.165) is 0 Å². The Labute approximate surface area is 170 Å². The third kappa shape index (κ3) is 3.88. The van der Waals surface area contributed by atoms with Crippen LogP contribution in [0.2, 0.25) is 0 Å². The molecule has 2 atom stereocenters. The largest absolute Gasteiger partial charge is 0.466 e. The van der Waals surface area contributed by atoms with E-state index >= 15 is 0 Å². The number of hydrogen-bond acceptors (Lipinski definition) is 8. The summed E-state index contributed by atoms with van der Waals surface area (Å²) >= 11 is 0. The smallest absolute Gasteiger partial charge is 0.333 e.